The Kier molecular flexibility index (Phi) is 5.26. The van der Waals surface area contributed by atoms with E-state index in [0.29, 0.717) is 6.04 Å². The molecule has 0 saturated heterocycles. The van der Waals surface area contributed by atoms with E-state index < -0.39 is 0 Å². The molecular weight excluding hydrogens is 198 g/mol. The van der Waals surface area contributed by atoms with Crippen molar-refractivity contribution in [2.24, 2.45) is 11.8 Å². The van der Waals surface area contributed by atoms with Crippen molar-refractivity contribution in [3.8, 4) is 0 Å². The van der Waals surface area contributed by atoms with Gasteiger partial charge in [-0.05, 0) is 51.9 Å². The van der Waals surface area contributed by atoms with Crippen LogP contribution in [0.15, 0.2) is 0 Å². The summed E-state index contributed by atoms with van der Waals surface area (Å²) in [5.41, 5.74) is -0.00558. The van der Waals surface area contributed by atoms with Crippen LogP contribution in [-0.2, 0) is 4.74 Å². The molecule has 1 aliphatic rings. The summed E-state index contributed by atoms with van der Waals surface area (Å²) >= 11 is 0. The van der Waals surface area contributed by atoms with Crippen molar-refractivity contribution in [3.63, 3.8) is 0 Å². The third kappa shape index (κ3) is 5.31. The fraction of sp³-hybridized carbons (Fsp3) is 1.00. The number of hydrogen-bond donors (Lipinski definition) is 1. The van der Waals surface area contributed by atoms with Gasteiger partial charge >= 0.3 is 0 Å². The Hall–Kier alpha value is -0.0800. The van der Waals surface area contributed by atoms with Crippen LogP contribution in [0, 0.1) is 11.8 Å². The molecule has 0 spiro atoms. The van der Waals surface area contributed by atoms with Crippen LogP contribution in [0.5, 0.6) is 0 Å². The molecule has 0 aromatic rings. The Labute approximate surface area is 101 Å². The fourth-order valence-corrected chi connectivity index (χ4v) is 2.57. The van der Waals surface area contributed by atoms with Crippen molar-refractivity contribution < 1.29 is 4.74 Å². The summed E-state index contributed by atoms with van der Waals surface area (Å²) in [7, 11) is 0. The molecule has 0 heterocycles. The maximum absolute atomic E-state index is 5.71. The van der Waals surface area contributed by atoms with E-state index in [-0.39, 0.29) is 5.60 Å². The fourth-order valence-electron chi connectivity index (χ4n) is 2.57. The average molecular weight is 227 g/mol. The van der Waals surface area contributed by atoms with E-state index in [4.69, 9.17) is 4.74 Å². The quantitative estimate of drug-likeness (QED) is 0.745. The molecule has 96 valence electrons. The highest BCUT2D eigenvalue weighted by atomic mass is 16.5. The number of hydrogen-bond acceptors (Lipinski definition) is 2. The first-order valence-corrected chi connectivity index (χ1v) is 6.76. The molecule has 0 bridgehead atoms. The lowest BCUT2D eigenvalue weighted by Gasteiger charge is -2.33. The molecule has 1 fully saturated rings. The number of ether oxygens (including phenoxy) is 1. The minimum Gasteiger partial charge on any atom is -0.375 e. The lowest BCUT2D eigenvalue weighted by Crippen LogP contribution is -2.41. The molecule has 1 aliphatic carbocycles. The van der Waals surface area contributed by atoms with E-state index in [1.165, 1.54) is 19.3 Å². The van der Waals surface area contributed by atoms with Gasteiger partial charge in [0.25, 0.3) is 0 Å². The van der Waals surface area contributed by atoms with Gasteiger partial charge in [-0.1, -0.05) is 13.8 Å². The monoisotopic (exact) mass is 227 g/mol. The van der Waals surface area contributed by atoms with Gasteiger partial charge < -0.3 is 10.1 Å². The van der Waals surface area contributed by atoms with Gasteiger partial charge in [-0.25, -0.2) is 0 Å². The van der Waals surface area contributed by atoms with Crippen molar-refractivity contribution in [3.05, 3.63) is 0 Å². The molecule has 0 radical (unpaired) electrons. The van der Waals surface area contributed by atoms with Crippen molar-refractivity contribution in [1.29, 1.82) is 0 Å². The predicted molar refractivity (Wildman–Crippen MR) is 69.7 cm³/mol. The van der Waals surface area contributed by atoms with Gasteiger partial charge in [0, 0.05) is 12.6 Å². The highest BCUT2D eigenvalue weighted by Gasteiger charge is 2.24. The molecular formula is C14H29NO. The summed E-state index contributed by atoms with van der Waals surface area (Å²) in [6.45, 7) is 12.9. The first-order valence-electron chi connectivity index (χ1n) is 6.76. The van der Waals surface area contributed by atoms with Gasteiger partial charge in [-0.2, -0.15) is 0 Å². The minimum atomic E-state index is -0.00558. The molecule has 0 aliphatic heterocycles. The number of rotatable bonds is 4. The summed E-state index contributed by atoms with van der Waals surface area (Å²) in [6, 6.07) is 0.708. The summed E-state index contributed by atoms with van der Waals surface area (Å²) < 4.78 is 5.71. The zero-order chi connectivity index (χ0) is 12.2. The van der Waals surface area contributed by atoms with Crippen LogP contribution in [0.25, 0.3) is 0 Å². The molecule has 3 unspecified atom stereocenters. The van der Waals surface area contributed by atoms with Crippen LogP contribution >= 0.6 is 0 Å². The largest absolute Gasteiger partial charge is 0.375 e. The van der Waals surface area contributed by atoms with Crippen molar-refractivity contribution in [2.45, 2.75) is 65.5 Å². The smallest absolute Gasteiger partial charge is 0.0599 e. The van der Waals surface area contributed by atoms with Crippen LogP contribution in [0.2, 0.25) is 0 Å². The highest BCUT2D eigenvalue weighted by molar-refractivity contribution is 4.80. The summed E-state index contributed by atoms with van der Waals surface area (Å²) in [5.74, 6) is 1.73. The van der Waals surface area contributed by atoms with Crippen LogP contribution in [0.4, 0.5) is 0 Å². The third-order valence-corrected chi connectivity index (χ3v) is 3.48. The maximum Gasteiger partial charge on any atom is 0.0599 e. The Morgan fingerprint density at radius 3 is 2.44 bits per heavy atom. The second-order valence-corrected chi connectivity index (χ2v) is 6.42. The predicted octanol–water partition coefficient (Wildman–Crippen LogP) is 3.22. The molecule has 1 rings (SSSR count). The lowest BCUT2D eigenvalue weighted by atomic mass is 9.80. The molecule has 0 aromatic carbocycles. The summed E-state index contributed by atoms with van der Waals surface area (Å²) in [4.78, 5) is 0. The van der Waals surface area contributed by atoms with Gasteiger partial charge in [0.1, 0.15) is 0 Å². The molecule has 1 N–H and O–H groups in total. The van der Waals surface area contributed by atoms with Crippen LogP contribution in [0.1, 0.15) is 53.9 Å². The van der Waals surface area contributed by atoms with Crippen LogP contribution < -0.4 is 5.32 Å². The number of nitrogens with one attached hydrogen (secondary N) is 1. The summed E-state index contributed by atoms with van der Waals surface area (Å²) in [6.07, 6.45) is 4.08. The van der Waals surface area contributed by atoms with Crippen molar-refractivity contribution in [1.82, 2.24) is 5.32 Å². The van der Waals surface area contributed by atoms with E-state index in [2.05, 4.69) is 39.9 Å². The molecule has 3 atom stereocenters. The molecule has 0 aromatic heterocycles. The van der Waals surface area contributed by atoms with E-state index >= 15 is 0 Å². The molecule has 2 heteroatoms. The second-order valence-electron chi connectivity index (χ2n) is 6.42. The molecule has 1 saturated carbocycles. The Morgan fingerprint density at radius 2 is 1.88 bits per heavy atom. The second kappa shape index (κ2) is 6.02. The van der Waals surface area contributed by atoms with Gasteiger partial charge in [0.2, 0.25) is 0 Å². The molecule has 16 heavy (non-hydrogen) atoms. The van der Waals surface area contributed by atoms with Gasteiger partial charge in [0.05, 0.1) is 12.2 Å². The third-order valence-electron chi connectivity index (χ3n) is 3.48. The first-order chi connectivity index (χ1) is 7.38. The van der Waals surface area contributed by atoms with Crippen molar-refractivity contribution >= 4 is 0 Å². The summed E-state index contributed by atoms with van der Waals surface area (Å²) in [5, 5.41) is 3.64. The Morgan fingerprint density at radius 1 is 1.19 bits per heavy atom. The average Bonchev–Trinajstić information content (AvgIpc) is 2.13. The van der Waals surface area contributed by atoms with Gasteiger partial charge in [-0.3, -0.25) is 0 Å². The van der Waals surface area contributed by atoms with Crippen molar-refractivity contribution in [2.75, 3.05) is 13.2 Å². The SMILES string of the molecule is CC1CCC(NCCOC(C)(C)C)C(C)C1. The normalized spacial score (nSPS) is 31.7. The zero-order valence-electron chi connectivity index (χ0n) is 11.7. The maximum atomic E-state index is 5.71. The van der Waals surface area contributed by atoms with Gasteiger partial charge in [0.15, 0.2) is 0 Å². The molecule has 2 nitrogen and oxygen atoms in total. The van der Waals surface area contributed by atoms with E-state index in [9.17, 15) is 0 Å². The standard InChI is InChI=1S/C14H29NO/c1-11-6-7-13(12(2)10-11)15-8-9-16-14(3,4)5/h11-13,15H,6-10H2,1-5H3. The zero-order valence-corrected chi connectivity index (χ0v) is 11.7. The van der Waals surface area contributed by atoms with Crippen LogP contribution in [0.3, 0.4) is 0 Å². The van der Waals surface area contributed by atoms with E-state index in [1.807, 2.05) is 0 Å². The lowest BCUT2D eigenvalue weighted by molar-refractivity contribution is -0.00277. The minimum absolute atomic E-state index is 0.00558. The topological polar surface area (TPSA) is 21.3 Å². The Balaban J connectivity index is 2.13. The first kappa shape index (κ1) is 14.0. The Bertz CT molecular complexity index is 197. The highest BCUT2D eigenvalue weighted by Crippen LogP contribution is 2.28. The molecule has 0 amide bonds. The van der Waals surface area contributed by atoms with Gasteiger partial charge in [-0.15, -0.1) is 0 Å². The van der Waals surface area contributed by atoms with Crippen LogP contribution in [-0.4, -0.2) is 24.8 Å². The van der Waals surface area contributed by atoms with E-state index in [1.54, 1.807) is 0 Å². The van der Waals surface area contributed by atoms with E-state index in [0.717, 1.165) is 25.0 Å².